The minimum Gasteiger partial charge on any atom is -0.449 e. The highest BCUT2D eigenvalue weighted by atomic mass is 32.2. The fraction of sp³-hybridized carbons (Fsp3) is 0.263. The van der Waals surface area contributed by atoms with Gasteiger partial charge in [0.15, 0.2) is 17.7 Å². The van der Waals surface area contributed by atoms with E-state index < -0.39 is 39.6 Å². The van der Waals surface area contributed by atoms with Gasteiger partial charge in [-0.15, -0.1) is 0 Å². The maximum absolute atomic E-state index is 13.2. The Hall–Kier alpha value is -2.85. The van der Waals surface area contributed by atoms with E-state index in [1.165, 1.54) is 31.2 Å². The maximum Gasteiger partial charge on any atom is 0.339 e. The molecule has 0 aliphatic rings. The summed E-state index contributed by atoms with van der Waals surface area (Å²) >= 11 is 0. The fourth-order valence-electron chi connectivity index (χ4n) is 2.24. The van der Waals surface area contributed by atoms with Gasteiger partial charge in [-0.1, -0.05) is 0 Å². The zero-order chi connectivity index (χ0) is 21.8. The largest absolute Gasteiger partial charge is 0.449 e. The number of amides is 1. The number of carbonyl (C=O) groups is 2. The van der Waals surface area contributed by atoms with Gasteiger partial charge >= 0.3 is 5.97 Å². The van der Waals surface area contributed by atoms with E-state index in [9.17, 15) is 26.8 Å². The molecule has 29 heavy (non-hydrogen) atoms. The number of halogens is 2. The summed E-state index contributed by atoms with van der Waals surface area (Å²) in [4.78, 5) is 24.2. The number of hydrogen-bond acceptors (Lipinski definition) is 5. The number of esters is 1. The van der Waals surface area contributed by atoms with Gasteiger partial charge < -0.3 is 10.1 Å². The number of anilines is 1. The molecule has 0 bridgehead atoms. The van der Waals surface area contributed by atoms with Crippen LogP contribution in [0, 0.1) is 11.6 Å². The van der Waals surface area contributed by atoms with Crippen molar-refractivity contribution in [3.05, 3.63) is 59.7 Å². The second kappa shape index (κ2) is 9.10. The quantitative estimate of drug-likeness (QED) is 0.663. The number of rotatable bonds is 7. The van der Waals surface area contributed by atoms with Crippen molar-refractivity contribution in [2.45, 2.75) is 37.8 Å². The average Bonchev–Trinajstić information content (AvgIpc) is 2.63. The Labute approximate surface area is 167 Å². The number of hydrogen-bond donors (Lipinski definition) is 2. The van der Waals surface area contributed by atoms with Crippen molar-refractivity contribution >= 4 is 27.6 Å². The van der Waals surface area contributed by atoms with E-state index >= 15 is 0 Å². The molecule has 0 spiro atoms. The predicted molar refractivity (Wildman–Crippen MR) is 102 cm³/mol. The molecule has 1 atom stereocenters. The Morgan fingerprint density at radius 2 is 1.59 bits per heavy atom. The lowest BCUT2D eigenvalue weighted by molar-refractivity contribution is -0.123. The van der Waals surface area contributed by atoms with Crippen LogP contribution in [0.2, 0.25) is 0 Å². The molecule has 2 aromatic carbocycles. The number of benzene rings is 2. The lowest BCUT2D eigenvalue weighted by atomic mass is 10.2. The first kappa shape index (κ1) is 22.4. The van der Waals surface area contributed by atoms with Crippen LogP contribution in [0.3, 0.4) is 0 Å². The first-order chi connectivity index (χ1) is 13.5. The topological polar surface area (TPSA) is 102 Å². The van der Waals surface area contributed by atoms with E-state index in [0.29, 0.717) is 6.07 Å². The zero-order valence-electron chi connectivity index (χ0n) is 15.9. The molecule has 10 heteroatoms. The molecule has 0 fully saturated rings. The van der Waals surface area contributed by atoms with Gasteiger partial charge in [0, 0.05) is 11.7 Å². The van der Waals surface area contributed by atoms with Gasteiger partial charge in [-0.2, -0.15) is 0 Å². The van der Waals surface area contributed by atoms with E-state index in [-0.39, 0.29) is 22.2 Å². The van der Waals surface area contributed by atoms with Gasteiger partial charge in [-0.3, -0.25) is 4.79 Å². The van der Waals surface area contributed by atoms with Crippen LogP contribution in [0.1, 0.15) is 31.1 Å². The molecular formula is C19H20F2N2O5S. The molecule has 2 N–H and O–H groups in total. The Morgan fingerprint density at radius 3 is 2.14 bits per heavy atom. The van der Waals surface area contributed by atoms with Gasteiger partial charge in [0.2, 0.25) is 10.0 Å². The van der Waals surface area contributed by atoms with Crippen molar-refractivity contribution in [3.63, 3.8) is 0 Å². The van der Waals surface area contributed by atoms with Crippen LogP contribution in [-0.2, 0) is 19.6 Å². The van der Waals surface area contributed by atoms with E-state index in [1.54, 1.807) is 13.8 Å². The number of sulfonamides is 1. The molecule has 2 aromatic rings. The van der Waals surface area contributed by atoms with Crippen molar-refractivity contribution in [2.75, 3.05) is 5.32 Å². The zero-order valence-corrected chi connectivity index (χ0v) is 16.7. The summed E-state index contributed by atoms with van der Waals surface area (Å²) in [6.45, 7) is 4.68. The molecule has 156 valence electrons. The summed E-state index contributed by atoms with van der Waals surface area (Å²) < 4.78 is 57.7. The fourth-order valence-corrected chi connectivity index (χ4v) is 3.50. The number of ether oxygens (including phenoxy) is 1. The third kappa shape index (κ3) is 6.06. The third-order valence-corrected chi connectivity index (χ3v) is 5.31. The number of carbonyl (C=O) groups excluding carboxylic acids is 2. The summed E-state index contributed by atoms with van der Waals surface area (Å²) in [5.74, 6) is -4.00. The summed E-state index contributed by atoms with van der Waals surface area (Å²) in [5.41, 5.74) is 0.0463. The monoisotopic (exact) mass is 426 g/mol. The van der Waals surface area contributed by atoms with Crippen LogP contribution in [0.5, 0.6) is 0 Å². The lowest BCUT2D eigenvalue weighted by Crippen LogP contribution is -2.30. The highest BCUT2D eigenvalue weighted by Gasteiger charge is 2.21. The van der Waals surface area contributed by atoms with Gasteiger partial charge in [-0.05, 0) is 63.2 Å². The number of nitrogens with one attached hydrogen (secondary N) is 2. The summed E-state index contributed by atoms with van der Waals surface area (Å²) in [5, 5.41) is 2.47. The molecule has 2 rings (SSSR count). The van der Waals surface area contributed by atoms with Crippen molar-refractivity contribution in [1.29, 1.82) is 0 Å². The molecule has 0 saturated heterocycles. The summed E-state index contributed by atoms with van der Waals surface area (Å²) in [6, 6.07) is 7.62. The van der Waals surface area contributed by atoms with Gasteiger partial charge in [0.1, 0.15) is 0 Å². The van der Waals surface area contributed by atoms with Crippen molar-refractivity contribution in [1.82, 2.24) is 4.72 Å². The predicted octanol–water partition coefficient (Wildman–Crippen LogP) is 2.84. The van der Waals surface area contributed by atoms with Crippen molar-refractivity contribution in [3.8, 4) is 0 Å². The van der Waals surface area contributed by atoms with Crippen LogP contribution in [0.4, 0.5) is 14.5 Å². The summed E-state index contributed by atoms with van der Waals surface area (Å²) in [7, 11) is -3.66. The Bertz CT molecular complexity index is 1010. The van der Waals surface area contributed by atoms with Gasteiger partial charge in [0.05, 0.1) is 10.5 Å². The molecule has 0 aromatic heterocycles. The normalized spacial score (nSPS) is 12.5. The molecular weight excluding hydrogens is 406 g/mol. The van der Waals surface area contributed by atoms with Crippen LogP contribution in [-0.4, -0.2) is 32.4 Å². The standard InChI is InChI=1S/C19H20F2N2O5S/c1-11(2)23-29(26,27)15-7-5-14(6-8-15)22-18(24)12(3)28-19(25)13-4-9-16(20)17(21)10-13/h4-12,23H,1-3H3,(H,22,24). The third-order valence-electron chi connectivity index (χ3n) is 3.63. The van der Waals surface area contributed by atoms with E-state index in [2.05, 4.69) is 10.0 Å². The minimum atomic E-state index is -3.66. The van der Waals surface area contributed by atoms with E-state index in [4.69, 9.17) is 4.74 Å². The highest BCUT2D eigenvalue weighted by Crippen LogP contribution is 2.16. The molecule has 1 amide bonds. The molecule has 0 aliphatic carbocycles. The van der Waals surface area contributed by atoms with Crippen LogP contribution < -0.4 is 10.0 Å². The second-order valence-electron chi connectivity index (χ2n) is 6.47. The molecule has 0 aliphatic heterocycles. The molecule has 1 unspecified atom stereocenters. The smallest absolute Gasteiger partial charge is 0.339 e. The molecule has 0 radical (unpaired) electrons. The average molecular weight is 426 g/mol. The molecule has 0 saturated carbocycles. The Kier molecular flexibility index (Phi) is 7.04. The molecule has 0 heterocycles. The lowest BCUT2D eigenvalue weighted by Gasteiger charge is -2.14. The van der Waals surface area contributed by atoms with Crippen molar-refractivity contribution < 1.29 is 31.5 Å². The Balaban J connectivity index is 2.00. The van der Waals surface area contributed by atoms with Crippen LogP contribution in [0.25, 0.3) is 0 Å². The highest BCUT2D eigenvalue weighted by molar-refractivity contribution is 7.89. The minimum absolute atomic E-state index is 0.0296. The first-order valence-corrected chi connectivity index (χ1v) is 10.1. The van der Waals surface area contributed by atoms with Crippen LogP contribution >= 0.6 is 0 Å². The van der Waals surface area contributed by atoms with E-state index in [1.807, 2.05) is 0 Å². The van der Waals surface area contributed by atoms with Crippen LogP contribution in [0.15, 0.2) is 47.4 Å². The SMILES string of the molecule is CC(C)NS(=O)(=O)c1ccc(NC(=O)C(C)OC(=O)c2ccc(F)c(F)c2)cc1. The van der Waals surface area contributed by atoms with Crippen molar-refractivity contribution in [2.24, 2.45) is 0 Å². The summed E-state index contributed by atoms with van der Waals surface area (Å²) in [6.07, 6.45) is -1.23. The first-order valence-electron chi connectivity index (χ1n) is 8.59. The second-order valence-corrected chi connectivity index (χ2v) is 8.18. The van der Waals surface area contributed by atoms with Gasteiger partial charge in [-0.25, -0.2) is 26.7 Å². The van der Waals surface area contributed by atoms with Gasteiger partial charge in [0.25, 0.3) is 5.91 Å². The molecule has 7 nitrogen and oxygen atoms in total. The maximum atomic E-state index is 13.2. The Morgan fingerprint density at radius 1 is 0.966 bits per heavy atom. The van der Waals surface area contributed by atoms with E-state index in [0.717, 1.165) is 12.1 Å².